The Balaban J connectivity index is 1.44. The van der Waals surface area contributed by atoms with Crippen molar-refractivity contribution in [1.82, 2.24) is 20.6 Å². The third kappa shape index (κ3) is 4.07. The lowest BCUT2D eigenvalue weighted by atomic mass is 10.1. The zero-order valence-electron chi connectivity index (χ0n) is 12.7. The van der Waals surface area contributed by atoms with Crippen molar-refractivity contribution in [2.45, 2.75) is 37.8 Å². The summed E-state index contributed by atoms with van der Waals surface area (Å²) >= 11 is 0. The largest absolute Gasteiger partial charge is 0.376 e. The Hall–Kier alpha value is -1.89. The fourth-order valence-corrected chi connectivity index (χ4v) is 2.98. The average Bonchev–Trinajstić information content (AvgIpc) is 3.08. The zero-order chi connectivity index (χ0) is 15.2. The molecule has 2 fully saturated rings. The maximum Gasteiger partial charge on any atom is 0.315 e. The second kappa shape index (κ2) is 7.40. The van der Waals surface area contributed by atoms with E-state index in [-0.39, 0.29) is 18.2 Å². The predicted octanol–water partition coefficient (Wildman–Crippen LogP) is 0.924. The second-order valence-electron chi connectivity index (χ2n) is 5.82. The molecule has 0 spiro atoms. The van der Waals surface area contributed by atoms with Crippen molar-refractivity contribution >= 4 is 12.0 Å². The van der Waals surface area contributed by atoms with Crippen LogP contribution in [0.2, 0.25) is 0 Å². The summed E-state index contributed by atoms with van der Waals surface area (Å²) in [5, 5.41) is 5.94. The highest BCUT2D eigenvalue weighted by molar-refractivity contribution is 5.74. The third-order valence-electron chi connectivity index (χ3n) is 4.11. The number of urea groups is 1. The van der Waals surface area contributed by atoms with Crippen LogP contribution in [-0.2, 0) is 4.74 Å². The first-order valence-electron chi connectivity index (χ1n) is 7.99. The Bertz CT molecular complexity index is 478. The molecule has 22 heavy (non-hydrogen) atoms. The number of aromatic nitrogens is 2. The van der Waals surface area contributed by atoms with Gasteiger partial charge >= 0.3 is 6.03 Å². The van der Waals surface area contributed by atoms with Gasteiger partial charge in [0.05, 0.1) is 6.10 Å². The van der Waals surface area contributed by atoms with Crippen LogP contribution in [0.3, 0.4) is 0 Å². The van der Waals surface area contributed by atoms with Crippen LogP contribution < -0.4 is 15.5 Å². The van der Waals surface area contributed by atoms with Crippen molar-refractivity contribution in [3.63, 3.8) is 0 Å². The molecule has 0 aromatic carbocycles. The molecule has 3 heterocycles. The summed E-state index contributed by atoms with van der Waals surface area (Å²) in [5.74, 6) is 0.730. The van der Waals surface area contributed by atoms with E-state index in [0.717, 1.165) is 51.3 Å². The van der Waals surface area contributed by atoms with Crippen molar-refractivity contribution < 1.29 is 9.53 Å². The molecule has 1 aromatic heterocycles. The minimum atomic E-state index is -0.115. The summed E-state index contributed by atoms with van der Waals surface area (Å²) in [7, 11) is 0. The monoisotopic (exact) mass is 305 g/mol. The topological polar surface area (TPSA) is 79.4 Å². The number of nitrogens with zero attached hydrogens (tertiary/aromatic N) is 3. The van der Waals surface area contributed by atoms with Gasteiger partial charge in [-0.3, -0.25) is 0 Å². The molecule has 0 bridgehead atoms. The first kappa shape index (κ1) is 15.0. The fourth-order valence-electron chi connectivity index (χ4n) is 2.98. The molecule has 1 aromatic rings. The average molecular weight is 305 g/mol. The first-order valence-corrected chi connectivity index (χ1v) is 7.99. The van der Waals surface area contributed by atoms with Crippen molar-refractivity contribution in [1.29, 1.82) is 0 Å². The van der Waals surface area contributed by atoms with Gasteiger partial charge in [-0.15, -0.1) is 0 Å². The fraction of sp³-hybridized carbons (Fsp3) is 0.667. The van der Waals surface area contributed by atoms with Gasteiger partial charge in [-0.2, -0.15) is 0 Å². The molecule has 2 atom stereocenters. The quantitative estimate of drug-likeness (QED) is 0.865. The van der Waals surface area contributed by atoms with E-state index in [0.29, 0.717) is 6.54 Å². The molecule has 7 nitrogen and oxygen atoms in total. The van der Waals surface area contributed by atoms with Crippen LogP contribution in [0.15, 0.2) is 18.5 Å². The van der Waals surface area contributed by atoms with E-state index < -0.39 is 0 Å². The maximum absolute atomic E-state index is 12.0. The molecule has 2 aliphatic heterocycles. The zero-order valence-corrected chi connectivity index (χ0v) is 12.7. The molecular formula is C15H23N5O2. The van der Waals surface area contributed by atoms with Crippen LogP contribution in [0.4, 0.5) is 10.7 Å². The Morgan fingerprint density at radius 2 is 2.18 bits per heavy atom. The molecule has 0 aliphatic carbocycles. The number of carbonyl (C=O) groups excluding carboxylic acids is 1. The van der Waals surface area contributed by atoms with Crippen LogP contribution >= 0.6 is 0 Å². The van der Waals surface area contributed by atoms with Crippen LogP contribution in [-0.4, -0.2) is 54.4 Å². The lowest BCUT2D eigenvalue weighted by molar-refractivity contribution is 0.111. The normalized spacial score (nSPS) is 25.0. The Morgan fingerprint density at radius 1 is 1.32 bits per heavy atom. The predicted molar refractivity (Wildman–Crippen MR) is 82.8 cm³/mol. The van der Waals surface area contributed by atoms with E-state index in [9.17, 15) is 4.79 Å². The van der Waals surface area contributed by atoms with E-state index in [4.69, 9.17) is 4.74 Å². The van der Waals surface area contributed by atoms with Gasteiger partial charge in [0, 0.05) is 44.7 Å². The number of piperidine rings is 1. The highest BCUT2D eigenvalue weighted by atomic mass is 16.5. The number of ether oxygens (including phenoxy) is 1. The number of hydrogen-bond donors (Lipinski definition) is 2. The van der Waals surface area contributed by atoms with Gasteiger partial charge in [0.25, 0.3) is 0 Å². The maximum atomic E-state index is 12.0. The summed E-state index contributed by atoms with van der Waals surface area (Å²) in [6, 6.07) is 1.82. The summed E-state index contributed by atoms with van der Waals surface area (Å²) < 4.78 is 5.50. The van der Waals surface area contributed by atoms with E-state index in [1.807, 2.05) is 6.07 Å². The molecule has 2 amide bonds. The van der Waals surface area contributed by atoms with Crippen LogP contribution in [0, 0.1) is 0 Å². The molecule has 0 saturated carbocycles. The molecule has 3 rings (SSSR count). The van der Waals surface area contributed by atoms with Gasteiger partial charge in [0.1, 0.15) is 0 Å². The van der Waals surface area contributed by atoms with Crippen LogP contribution in [0.25, 0.3) is 0 Å². The number of hydrogen-bond acceptors (Lipinski definition) is 5. The van der Waals surface area contributed by atoms with Gasteiger partial charge in [0.2, 0.25) is 5.95 Å². The number of rotatable bonds is 4. The molecular weight excluding hydrogens is 282 g/mol. The van der Waals surface area contributed by atoms with Crippen molar-refractivity contribution in [3.8, 4) is 0 Å². The van der Waals surface area contributed by atoms with Gasteiger partial charge in [-0.05, 0) is 31.7 Å². The summed E-state index contributed by atoms with van der Waals surface area (Å²) in [6.45, 7) is 3.07. The molecule has 0 unspecified atom stereocenters. The smallest absolute Gasteiger partial charge is 0.315 e. The molecule has 0 radical (unpaired) electrons. The Kier molecular flexibility index (Phi) is 5.05. The minimum absolute atomic E-state index is 0.115. The minimum Gasteiger partial charge on any atom is -0.376 e. The summed E-state index contributed by atoms with van der Waals surface area (Å²) in [5.41, 5.74) is 0. The standard InChI is InChI=1S/C15H23N5O2/c21-15(18-10-13-5-2-9-22-13)19-12-4-1-8-20(11-12)14-16-6-3-7-17-14/h3,6-7,12-13H,1-2,4-5,8-11H2,(H2,18,19,21)/t12-,13+/m0/s1. The third-order valence-corrected chi connectivity index (χ3v) is 4.11. The molecule has 120 valence electrons. The number of carbonyl (C=O) groups is 1. The van der Waals surface area contributed by atoms with Gasteiger partial charge in [-0.25, -0.2) is 14.8 Å². The van der Waals surface area contributed by atoms with E-state index in [2.05, 4.69) is 25.5 Å². The van der Waals surface area contributed by atoms with E-state index in [1.165, 1.54) is 0 Å². The number of amides is 2. The second-order valence-corrected chi connectivity index (χ2v) is 5.82. The molecule has 7 heteroatoms. The summed E-state index contributed by atoms with van der Waals surface area (Å²) in [4.78, 5) is 22.7. The van der Waals surface area contributed by atoms with Gasteiger partial charge in [-0.1, -0.05) is 0 Å². The van der Waals surface area contributed by atoms with Crippen molar-refractivity contribution in [2.24, 2.45) is 0 Å². The first-order chi connectivity index (χ1) is 10.8. The van der Waals surface area contributed by atoms with E-state index in [1.54, 1.807) is 12.4 Å². The van der Waals surface area contributed by atoms with Gasteiger partial charge in [0.15, 0.2) is 0 Å². The van der Waals surface area contributed by atoms with Gasteiger partial charge < -0.3 is 20.3 Å². The van der Waals surface area contributed by atoms with Crippen molar-refractivity contribution in [3.05, 3.63) is 18.5 Å². The molecule has 2 N–H and O–H groups in total. The Labute approximate surface area is 130 Å². The van der Waals surface area contributed by atoms with Crippen LogP contribution in [0.5, 0.6) is 0 Å². The van der Waals surface area contributed by atoms with Crippen LogP contribution in [0.1, 0.15) is 25.7 Å². The van der Waals surface area contributed by atoms with E-state index >= 15 is 0 Å². The SMILES string of the molecule is O=C(NC[C@H]1CCCO1)N[C@H]1CCCN(c2ncccn2)C1. The molecule has 2 aliphatic rings. The number of nitrogens with one attached hydrogen (secondary N) is 2. The highest BCUT2D eigenvalue weighted by Crippen LogP contribution is 2.15. The lowest BCUT2D eigenvalue weighted by Gasteiger charge is -2.33. The highest BCUT2D eigenvalue weighted by Gasteiger charge is 2.23. The molecule has 2 saturated heterocycles. The Morgan fingerprint density at radius 3 is 2.95 bits per heavy atom. The van der Waals surface area contributed by atoms with Crippen molar-refractivity contribution in [2.75, 3.05) is 31.1 Å². The lowest BCUT2D eigenvalue weighted by Crippen LogP contribution is -2.51. The summed E-state index contributed by atoms with van der Waals surface area (Å²) in [6.07, 6.45) is 7.78. The number of anilines is 1.